The number of aliphatic hydroxyl groups is 1. The van der Waals surface area contributed by atoms with Crippen LogP contribution < -0.4 is 10.2 Å². The van der Waals surface area contributed by atoms with Gasteiger partial charge in [-0.15, -0.1) is 10.2 Å². The zero-order chi connectivity index (χ0) is 14.2. The van der Waals surface area contributed by atoms with Gasteiger partial charge < -0.3 is 20.1 Å². The Hall–Kier alpha value is -1.73. The first-order chi connectivity index (χ1) is 9.68. The summed E-state index contributed by atoms with van der Waals surface area (Å²) in [5.41, 5.74) is 0.122. The molecule has 0 spiro atoms. The number of amides is 1. The Morgan fingerprint density at radius 2 is 2.45 bits per heavy atom. The number of carbonyl (C=O) groups is 1. The normalized spacial score (nSPS) is 28.5. The maximum atomic E-state index is 11.4. The number of rotatable bonds is 3. The molecule has 0 unspecified atom stereocenters. The van der Waals surface area contributed by atoms with Gasteiger partial charge in [-0.2, -0.15) is 0 Å². The molecule has 2 saturated heterocycles. The Balaban J connectivity index is 1.76. The lowest BCUT2D eigenvalue weighted by Crippen LogP contribution is -2.34. The van der Waals surface area contributed by atoms with Crippen LogP contribution in [0.5, 0.6) is 0 Å². The minimum atomic E-state index is -0.248. The van der Waals surface area contributed by atoms with E-state index in [1.165, 1.54) is 0 Å². The van der Waals surface area contributed by atoms with Crippen molar-refractivity contribution in [2.75, 3.05) is 44.9 Å². The fourth-order valence-corrected chi connectivity index (χ4v) is 2.97. The quantitative estimate of drug-likeness (QED) is 0.759. The van der Waals surface area contributed by atoms with Crippen molar-refractivity contribution in [3.8, 4) is 0 Å². The van der Waals surface area contributed by atoms with Crippen LogP contribution in [0.2, 0.25) is 0 Å². The summed E-state index contributed by atoms with van der Waals surface area (Å²) in [5, 5.41) is 20.2. The summed E-state index contributed by atoms with van der Waals surface area (Å²) in [6, 6.07) is 3.46. The van der Waals surface area contributed by atoms with E-state index in [2.05, 4.69) is 20.4 Å². The summed E-state index contributed by atoms with van der Waals surface area (Å²) in [7, 11) is 1.56. The van der Waals surface area contributed by atoms with Crippen LogP contribution in [-0.4, -0.2) is 61.2 Å². The minimum absolute atomic E-state index is 0.123. The molecular formula is C13H18N4O3. The lowest BCUT2D eigenvalue weighted by molar-refractivity contribution is 0.0957. The number of carbonyl (C=O) groups excluding carboxylic acids is 1. The average Bonchev–Trinajstić information content (AvgIpc) is 3.03. The van der Waals surface area contributed by atoms with E-state index in [0.29, 0.717) is 31.4 Å². The fraction of sp³-hybridized carbons (Fsp3) is 0.615. The van der Waals surface area contributed by atoms with Crippen LogP contribution in [0.15, 0.2) is 12.1 Å². The number of nitrogens with one attached hydrogen (secondary N) is 1. The molecule has 0 bridgehead atoms. The zero-order valence-corrected chi connectivity index (χ0v) is 11.4. The highest BCUT2D eigenvalue weighted by Gasteiger charge is 2.50. The molecule has 0 saturated carbocycles. The van der Waals surface area contributed by atoms with Crippen LogP contribution in [0.1, 0.15) is 10.5 Å². The molecule has 1 aromatic heterocycles. The van der Waals surface area contributed by atoms with E-state index >= 15 is 0 Å². The summed E-state index contributed by atoms with van der Waals surface area (Å²) in [4.78, 5) is 13.5. The van der Waals surface area contributed by atoms with Crippen LogP contribution in [-0.2, 0) is 4.74 Å². The van der Waals surface area contributed by atoms with Crippen molar-refractivity contribution >= 4 is 11.7 Å². The second-order valence-corrected chi connectivity index (χ2v) is 5.47. The third-order valence-corrected chi connectivity index (χ3v) is 4.27. The number of nitrogens with zero attached hydrogens (tertiary/aromatic N) is 3. The largest absolute Gasteiger partial charge is 0.396 e. The highest BCUT2D eigenvalue weighted by molar-refractivity contribution is 5.91. The Morgan fingerprint density at radius 3 is 3.05 bits per heavy atom. The first-order valence-electron chi connectivity index (χ1n) is 6.68. The SMILES string of the molecule is CNC(=O)c1ccc(N2C[C@H]3COC[C@@]3(CO)C2)nn1. The molecule has 1 aromatic rings. The molecule has 7 heteroatoms. The van der Waals surface area contributed by atoms with Crippen molar-refractivity contribution in [3.63, 3.8) is 0 Å². The molecular weight excluding hydrogens is 260 g/mol. The Bertz CT molecular complexity index is 507. The van der Waals surface area contributed by atoms with E-state index in [-0.39, 0.29) is 17.9 Å². The van der Waals surface area contributed by atoms with Crippen molar-refractivity contribution in [1.82, 2.24) is 15.5 Å². The zero-order valence-electron chi connectivity index (χ0n) is 11.4. The van der Waals surface area contributed by atoms with E-state index in [1.807, 2.05) is 0 Å². The molecule has 7 nitrogen and oxygen atoms in total. The standard InChI is InChI=1S/C13H18N4O3/c1-14-12(19)10-2-3-11(16-15-10)17-4-9-5-20-8-13(9,6-17)7-18/h2-3,9,18H,4-8H2,1H3,(H,14,19)/t9-,13-/m0/s1. The molecule has 2 aliphatic heterocycles. The summed E-state index contributed by atoms with van der Waals surface area (Å²) < 4.78 is 5.48. The van der Waals surface area contributed by atoms with E-state index in [4.69, 9.17) is 4.74 Å². The highest BCUT2D eigenvalue weighted by atomic mass is 16.5. The maximum absolute atomic E-state index is 11.4. The van der Waals surface area contributed by atoms with Crippen molar-refractivity contribution in [1.29, 1.82) is 0 Å². The topological polar surface area (TPSA) is 87.6 Å². The molecule has 0 radical (unpaired) electrons. The monoisotopic (exact) mass is 278 g/mol. The van der Waals surface area contributed by atoms with Crippen LogP contribution in [0, 0.1) is 11.3 Å². The van der Waals surface area contributed by atoms with Gasteiger partial charge in [-0.25, -0.2) is 0 Å². The van der Waals surface area contributed by atoms with Gasteiger partial charge in [-0.05, 0) is 12.1 Å². The van der Waals surface area contributed by atoms with Crippen molar-refractivity contribution in [2.45, 2.75) is 0 Å². The Labute approximate surface area is 116 Å². The average molecular weight is 278 g/mol. The molecule has 3 heterocycles. The number of hydrogen-bond acceptors (Lipinski definition) is 6. The molecule has 2 atom stereocenters. The first-order valence-corrected chi connectivity index (χ1v) is 6.68. The maximum Gasteiger partial charge on any atom is 0.271 e. The van der Waals surface area contributed by atoms with Crippen LogP contribution in [0.4, 0.5) is 5.82 Å². The molecule has 108 valence electrons. The van der Waals surface area contributed by atoms with Gasteiger partial charge in [0.15, 0.2) is 11.5 Å². The molecule has 20 heavy (non-hydrogen) atoms. The number of aliphatic hydroxyl groups excluding tert-OH is 1. The third-order valence-electron chi connectivity index (χ3n) is 4.27. The molecule has 0 aromatic carbocycles. The molecule has 2 N–H and O–H groups in total. The number of fused-ring (bicyclic) bond motifs is 1. The van der Waals surface area contributed by atoms with Gasteiger partial charge in [0, 0.05) is 31.5 Å². The Kier molecular flexibility index (Phi) is 3.31. The smallest absolute Gasteiger partial charge is 0.271 e. The van der Waals surface area contributed by atoms with Crippen LogP contribution >= 0.6 is 0 Å². The number of aromatic nitrogens is 2. The van der Waals surface area contributed by atoms with E-state index in [0.717, 1.165) is 12.4 Å². The summed E-state index contributed by atoms with van der Waals surface area (Å²) in [6.07, 6.45) is 0. The summed E-state index contributed by atoms with van der Waals surface area (Å²) in [5.74, 6) is 0.815. The molecule has 2 fully saturated rings. The van der Waals surface area contributed by atoms with Gasteiger partial charge in [0.25, 0.3) is 5.91 Å². The summed E-state index contributed by atoms with van der Waals surface area (Å²) in [6.45, 7) is 2.91. The fourth-order valence-electron chi connectivity index (χ4n) is 2.97. The van der Waals surface area contributed by atoms with E-state index < -0.39 is 0 Å². The van der Waals surface area contributed by atoms with Gasteiger partial charge >= 0.3 is 0 Å². The molecule has 1 amide bonds. The van der Waals surface area contributed by atoms with E-state index in [9.17, 15) is 9.90 Å². The Morgan fingerprint density at radius 1 is 1.60 bits per heavy atom. The molecule has 2 aliphatic rings. The van der Waals surface area contributed by atoms with Gasteiger partial charge in [0.2, 0.25) is 0 Å². The predicted octanol–water partition coefficient (Wildman–Crippen LogP) is -0.719. The number of anilines is 1. The second kappa shape index (κ2) is 4.99. The van der Waals surface area contributed by atoms with Crippen molar-refractivity contribution < 1.29 is 14.6 Å². The van der Waals surface area contributed by atoms with Crippen molar-refractivity contribution in [2.24, 2.45) is 11.3 Å². The highest BCUT2D eigenvalue weighted by Crippen LogP contribution is 2.41. The number of ether oxygens (including phenoxy) is 1. The van der Waals surface area contributed by atoms with E-state index in [1.54, 1.807) is 19.2 Å². The third kappa shape index (κ3) is 2.03. The second-order valence-electron chi connectivity index (χ2n) is 5.47. The predicted molar refractivity (Wildman–Crippen MR) is 71.5 cm³/mol. The molecule has 3 rings (SSSR count). The minimum Gasteiger partial charge on any atom is -0.396 e. The lowest BCUT2D eigenvalue weighted by atomic mass is 9.82. The van der Waals surface area contributed by atoms with Crippen molar-refractivity contribution in [3.05, 3.63) is 17.8 Å². The summed E-state index contributed by atoms with van der Waals surface area (Å²) >= 11 is 0. The molecule has 0 aliphatic carbocycles. The van der Waals surface area contributed by atoms with Crippen LogP contribution in [0.3, 0.4) is 0 Å². The van der Waals surface area contributed by atoms with Gasteiger partial charge in [-0.3, -0.25) is 4.79 Å². The van der Waals surface area contributed by atoms with Gasteiger partial charge in [0.1, 0.15) is 0 Å². The number of hydrogen-bond donors (Lipinski definition) is 2. The first kappa shape index (κ1) is 13.3. The van der Waals surface area contributed by atoms with Crippen LogP contribution in [0.25, 0.3) is 0 Å². The van der Waals surface area contributed by atoms with Gasteiger partial charge in [0.05, 0.1) is 19.8 Å². The lowest BCUT2D eigenvalue weighted by Gasteiger charge is -2.24. The van der Waals surface area contributed by atoms with Gasteiger partial charge in [-0.1, -0.05) is 0 Å².